The predicted molar refractivity (Wildman–Crippen MR) is 187 cm³/mol. The molecule has 0 N–H and O–H groups in total. The van der Waals surface area contributed by atoms with Crippen LogP contribution in [0.2, 0.25) is 0 Å². The Morgan fingerprint density at radius 2 is 1.41 bits per heavy atom. The summed E-state index contributed by atoms with van der Waals surface area (Å²) in [5.41, 5.74) is 16.0. The minimum absolute atomic E-state index is 0.974. The molecular formula is C42H32N2. The molecule has 44 heavy (non-hydrogen) atoms. The van der Waals surface area contributed by atoms with Gasteiger partial charge >= 0.3 is 0 Å². The molecule has 2 aliphatic rings. The second-order valence-electron chi connectivity index (χ2n) is 11.7. The maximum Gasteiger partial charge on any atom is 0.0674 e. The molecule has 1 aromatic heterocycles. The fraction of sp³-hybridized carbons (Fsp3) is 0.0714. The van der Waals surface area contributed by atoms with E-state index in [2.05, 4.69) is 150 Å². The molecule has 0 fully saturated rings. The quantitative estimate of drug-likeness (QED) is 0.191. The van der Waals surface area contributed by atoms with Crippen molar-refractivity contribution in [3.05, 3.63) is 162 Å². The lowest BCUT2D eigenvalue weighted by Gasteiger charge is -2.22. The van der Waals surface area contributed by atoms with Gasteiger partial charge < -0.3 is 4.57 Å². The van der Waals surface area contributed by atoms with Crippen LogP contribution in [0.4, 0.5) is 0 Å². The van der Waals surface area contributed by atoms with Gasteiger partial charge in [-0.15, -0.1) is 0 Å². The third-order valence-electron chi connectivity index (χ3n) is 9.08. The zero-order chi connectivity index (χ0) is 29.6. The summed E-state index contributed by atoms with van der Waals surface area (Å²) < 4.78 is 2.46. The molecule has 6 aromatic rings. The Hall–Kier alpha value is -5.47. The summed E-state index contributed by atoms with van der Waals surface area (Å²) in [6.45, 7) is 6.44. The summed E-state index contributed by atoms with van der Waals surface area (Å²) in [4.78, 5) is 4.48. The van der Waals surface area contributed by atoms with Gasteiger partial charge in [-0.05, 0) is 93.8 Å². The van der Waals surface area contributed by atoms with E-state index in [-0.39, 0.29) is 0 Å². The van der Waals surface area contributed by atoms with Crippen molar-refractivity contribution in [3.8, 4) is 39.2 Å². The van der Waals surface area contributed by atoms with Crippen LogP contribution in [0, 0.1) is 0 Å². The molecule has 8 rings (SSSR count). The van der Waals surface area contributed by atoms with Crippen LogP contribution in [0.5, 0.6) is 0 Å². The monoisotopic (exact) mass is 564 g/mol. The Morgan fingerprint density at radius 1 is 0.727 bits per heavy atom. The fourth-order valence-electron chi connectivity index (χ4n) is 6.77. The summed E-state index contributed by atoms with van der Waals surface area (Å²) in [7, 11) is 0. The molecule has 0 amide bonds. The van der Waals surface area contributed by atoms with Crippen molar-refractivity contribution in [1.82, 2.24) is 4.57 Å². The van der Waals surface area contributed by atoms with E-state index >= 15 is 0 Å². The lowest BCUT2D eigenvalue weighted by molar-refractivity contribution is 0.927. The van der Waals surface area contributed by atoms with E-state index in [9.17, 15) is 0 Å². The SMILES string of the molecule is C=Cc1c2c(n(-c3ccc4ccccc4c3)c1/C=C(\C)C1=NC=C1)-c1ccc(-c3ccc(-c4ccccc4)cc3)cc1CC2. The molecule has 0 radical (unpaired) electrons. The van der Waals surface area contributed by atoms with E-state index < -0.39 is 0 Å². The molecule has 1 aliphatic heterocycles. The number of hydrogen-bond acceptors (Lipinski definition) is 1. The van der Waals surface area contributed by atoms with E-state index in [1.807, 2.05) is 12.3 Å². The molecule has 0 saturated heterocycles. The molecule has 2 heterocycles. The van der Waals surface area contributed by atoms with Gasteiger partial charge in [0.1, 0.15) is 0 Å². The molecule has 0 atom stereocenters. The standard InChI is InChI=1S/C42H32N2/c1-3-37-39-22-19-35-26-34(32-15-13-31(14-16-32)29-9-5-4-6-10-29)18-21-38(35)42(39)44(41(37)25-28(2)40-23-24-43-40)36-20-17-30-11-7-8-12-33(30)27-36/h3-18,20-21,23-27H,1,19,22H2,2H3/b28-25+. The maximum atomic E-state index is 4.48. The van der Waals surface area contributed by atoms with Gasteiger partial charge in [-0.1, -0.05) is 116 Å². The van der Waals surface area contributed by atoms with Gasteiger partial charge in [-0.2, -0.15) is 0 Å². The third kappa shape index (κ3) is 4.39. The molecule has 5 aromatic carbocycles. The molecule has 0 saturated carbocycles. The number of fused-ring (bicyclic) bond motifs is 4. The van der Waals surface area contributed by atoms with Crippen LogP contribution in [-0.2, 0) is 12.8 Å². The zero-order valence-corrected chi connectivity index (χ0v) is 24.8. The van der Waals surface area contributed by atoms with Crippen LogP contribution in [0.1, 0.15) is 29.3 Å². The van der Waals surface area contributed by atoms with E-state index in [0.29, 0.717) is 0 Å². The van der Waals surface area contributed by atoms with Gasteiger partial charge in [0.2, 0.25) is 0 Å². The molecule has 0 unspecified atom stereocenters. The van der Waals surface area contributed by atoms with Crippen LogP contribution < -0.4 is 0 Å². The number of aryl methyl sites for hydroxylation is 1. The molecule has 2 nitrogen and oxygen atoms in total. The lowest BCUT2D eigenvalue weighted by Crippen LogP contribution is -2.08. The van der Waals surface area contributed by atoms with Crippen molar-refractivity contribution >= 4 is 28.6 Å². The fourth-order valence-corrected chi connectivity index (χ4v) is 6.77. The molecule has 210 valence electrons. The second-order valence-corrected chi connectivity index (χ2v) is 11.7. The zero-order valence-electron chi connectivity index (χ0n) is 24.8. The number of aliphatic imine (C=N–C) groups is 1. The first-order valence-corrected chi connectivity index (χ1v) is 15.3. The molecule has 0 spiro atoms. The van der Waals surface area contributed by atoms with Gasteiger partial charge in [0.05, 0.1) is 17.1 Å². The van der Waals surface area contributed by atoms with Crippen molar-refractivity contribution < 1.29 is 0 Å². The Bertz CT molecular complexity index is 2170. The molecular weight excluding hydrogens is 532 g/mol. The van der Waals surface area contributed by atoms with Crippen LogP contribution >= 0.6 is 0 Å². The highest BCUT2D eigenvalue weighted by Gasteiger charge is 2.28. The van der Waals surface area contributed by atoms with E-state index in [1.54, 1.807) is 0 Å². The van der Waals surface area contributed by atoms with Crippen LogP contribution in [0.15, 0.2) is 145 Å². The van der Waals surface area contributed by atoms with E-state index in [0.717, 1.165) is 35.5 Å². The summed E-state index contributed by atoms with van der Waals surface area (Å²) in [5.74, 6) is 0. The largest absolute Gasteiger partial charge is 0.309 e. The average Bonchev–Trinajstić information content (AvgIpc) is 3.37. The summed E-state index contributed by atoms with van der Waals surface area (Å²) in [6.07, 6.45) is 10.2. The number of rotatable bonds is 6. The van der Waals surface area contributed by atoms with Gasteiger partial charge in [0.25, 0.3) is 0 Å². The number of nitrogens with zero attached hydrogens (tertiary/aromatic N) is 2. The highest BCUT2D eigenvalue weighted by atomic mass is 15.0. The van der Waals surface area contributed by atoms with Crippen LogP contribution in [-0.4, -0.2) is 10.3 Å². The minimum atomic E-state index is 0.974. The molecule has 2 heteroatoms. The van der Waals surface area contributed by atoms with E-state index in [1.165, 1.54) is 61.0 Å². The average molecular weight is 565 g/mol. The highest BCUT2D eigenvalue weighted by molar-refractivity contribution is 6.14. The Morgan fingerprint density at radius 3 is 2.14 bits per heavy atom. The number of aromatic nitrogens is 1. The Kier molecular flexibility index (Phi) is 6.34. The minimum Gasteiger partial charge on any atom is -0.309 e. The molecule has 1 aliphatic carbocycles. The van der Waals surface area contributed by atoms with Crippen molar-refractivity contribution in [3.63, 3.8) is 0 Å². The van der Waals surface area contributed by atoms with Crippen LogP contribution in [0.25, 0.3) is 62.1 Å². The van der Waals surface area contributed by atoms with Crippen molar-refractivity contribution in [2.24, 2.45) is 4.99 Å². The summed E-state index contributed by atoms with van der Waals surface area (Å²) in [6, 6.07) is 41.9. The number of allylic oxidation sites excluding steroid dienone is 2. The molecule has 0 bridgehead atoms. The predicted octanol–water partition coefficient (Wildman–Crippen LogP) is 10.7. The first-order chi connectivity index (χ1) is 21.7. The highest BCUT2D eigenvalue weighted by Crippen LogP contribution is 2.43. The summed E-state index contributed by atoms with van der Waals surface area (Å²) in [5, 5.41) is 2.47. The van der Waals surface area contributed by atoms with Gasteiger partial charge in [-0.3, -0.25) is 4.99 Å². The van der Waals surface area contributed by atoms with Crippen molar-refractivity contribution in [2.45, 2.75) is 19.8 Å². The first kappa shape index (κ1) is 26.2. The third-order valence-corrected chi connectivity index (χ3v) is 9.08. The van der Waals surface area contributed by atoms with Crippen LogP contribution in [0.3, 0.4) is 0 Å². The normalized spacial score (nSPS) is 13.7. The summed E-state index contributed by atoms with van der Waals surface area (Å²) >= 11 is 0. The smallest absolute Gasteiger partial charge is 0.0674 e. The van der Waals surface area contributed by atoms with Crippen molar-refractivity contribution in [1.29, 1.82) is 0 Å². The number of hydrogen-bond donors (Lipinski definition) is 0. The van der Waals surface area contributed by atoms with Gasteiger partial charge in [-0.25, -0.2) is 0 Å². The maximum absolute atomic E-state index is 4.48. The Balaban J connectivity index is 1.28. The number of benzene rings is 5. The van der Waals surface area contributed by atoms with E-state index in [4.69, 9.17) is 0 Å². The second kappa shape index (κ2) is 10.7. The Labute approximate surface area is 258 Å². The van der Waals surface area contributed by atoms with Gasteiger partial charge in [0, 0.05) is 23.0 Å². The first-order valence-electron chi connectivity index (χ1n) is 15.3. The topological polar surface area (TPSA) is 17.3 Å². The lowest BCUT2D eigenvalue weighted by atomic mass is 9.86. The van der Waals surface area contributed by atoms with Crippen molar-refractivity contribution in [2.75, 3.05) is 0 Å². The van der Waals surface area contributed by atoms with Gasteiger partial charge in [0.15, 0.2) is 0 Å².